The third kappa shape index (κ3) is 60.5. The van der Waals surface area contributed by atoms with Crippen molar-refractivity contribution in [1.29, 1.82) is 0 Å². The predicted octanol–water partition coefficient (Wildman–Crippen LogP) is 12.0. The first-order chi connectivity index (χ1) is 44.4. The van der Waals surface area contributed by atoms with Crippen molar-refractivity contribution >= 4 is 178 Å². The first-order valence-corrected chi connectivity index (χ1v) is 52.0. The van der Waals surface area contributed by atoms with Gasteiger partial charge in [-0.1, -0.05) is 97.9 Å². The summed E-state index contributed by atoms with van der Waals surface area (Å²) in [6.07, 6.45) is 18.6. The minimum atomic E-state index is -6.65. The number of rotatable bonds is 42. The molecule has 0 aromatic rings. The Labute approximate surface area is 616 Å². The second kappa shape index (κ2) is 68.0. The van der Waals surface area contributed by atoms with Gasteiger partial charge in [0, 0.05) is 104 Å². The van der Waals surface area contributed by atoms with E-state index >= 15 is 0 Å². The first kappa shape index (κ1) is 108. The van der Waals surface area contributed by atoms with Gasteiger partial charge in [-0.25, -0.2) is 47.9 Å². The average molecular weight is 1700 g/mol. The van der Waals surface area contributed by atoms with E-state index < -0.39 is 110 Å². The number of alkyl halides is 12. The number of hydrogen-bond donors (Lipinski definition) is 0. The van der Waals surface area contributed by atoms with Crippen LogP contribution in [0, 0.1) is 0 Å². The predicted molar refractivity (Wildman–Crippen MR) is 351 cm³/mol. The van der Waals surface area contributed by atoms with E-state index in [1.807, 2.05) is 0 Å². The van der Waals surface area contributed by atoms with Crippen molar-refractivity contribution in [2.75, 3.05) is 66.1 Å². The van der Waals surface area contributed by atoms with E-state index in [9.17, 15) is 101 Å². The summed E-state index contributed by atoms with van der Waals surface area (Å²) in [6, 6.07) is 0. The zero-order valence-electron chi connectivity index (χ0n) is 52.3. The summed E-state index contributed by atoms with van der Waals surface area (Å²) in [5.41, 5.74) is 0. The molecule has 0 amide bonds. The van der Waals surface area contributed by atoms with E-state index in [2.05, 4.69) is 149 Å². The molecule has 0 aromatic heterocycles. The molecule has 2 atom stereocenters. The Morgan fingerprint density at radius 1 is 0.263 bits per heavy atom. The quantitative estimate of drug-likeness (QED) is 0.00803. The third-order valence-electron chi connectivity index (χ3n) is 9.43. The standard InChI is InChI=1S/C15H24O4.C12H10F8O4.C11H16O4.C10H10F4O4.C9H12O4.I2.2K.H4P2/c1-3-14(16)18-12-10-8-6-5-7-9-11-13-19-15(17)4-2;1-3-7(21)23-5-9(13,14)11(17,18)12(19,20)10(15,16)6-24-8(22)4-2;1-3-10(12)14-8-6-5-7-9-15-11(13)4-2;1-3-7(15)17-5-9(11,12)10(13,14)6-18-8(16)4-2;1-3-8(10)12-6-5-7-13-9(11)4-2;1-2;;;1-2/h3-4H,1-2,5-13H2;3-4H,1-2,5-6H2;3-4H,1-2,5-9H2;3-4H,1-2,5-6H2;3-4H,1-2,5-7H2;;;;1-2H2. The van der Waals surface area contributed by atoms with Crippen LogP contribution in [0.3, 0.4) is 0 Å². The fraction of sp³-hybridized carbons (Fsp3) is 0.474. The SMILES string of the molecule is C=CC(=O)OCC(F)(F)C(F)(F)C(F)(F)C(F)(F)COC(=O)C=C.C=CC(=O)OCC(F)(F)C(F)(F)COC(=O)C=C.C=CC(=O)OCCCCCCCCCOC(=O)C=C.C=CC(=O)OCCCCCOC(=O)C=C.C=CC(=O)OCCCOC(=O)C=C.II.PP.[K][K]. The number of carbonyl (C=O) groups is 10. The van der Waals surface area contributed by atoms with Gasteiger partial charge < -0.3 is 47.4 Å². The van der Waals surface area contributed by atoms with Gasteiger partial charge in [0.15, 0.2) is 26.4 Å². The van der Waals surface area contributed by atoms with E-state index in [0.717, 1.165) is 88.5 Å². The molecule has 0 fully saturated rings. The molecule has 0 aliphatic heterocycles. The van der Waals surface area contributed by atoms with Crippen molar-refractivity contribution in [2.45, 2.75) is 106 Å². The topological polar surface area (TPSA) is 263 Å². The van der Waals surface area contributed by atoms with Gasteiger partial charge in [0.05, 0.1) is 39.6 Å². The number of unbranched alkanes of at least 4 members (excludes halogenated alkanes) is 8. The van der Waals surface area contributed by atoms with E-state index in [4.69, 9.17) is 18.9 Å². The maximum absolute atomic E-state index is 13.3. The van der Waals surface area contributed by atoms with Gasteiger partial charge in [0.2, 0.25) is 0 Å². The Morgan fingerprint density at radius 3 is 0.558 bits per heavy atom. The molecule has 534 valence electrons. The number of ether oxygens (including phenoxy) is 10. The maximum atomic E-state index is 13.3. The van der Waals surface area contributed by atoms with E-state index in [1.54, 1.807) is 0 Å². The molecule has 0 aromatic carbocycles. The van der Waals surface area contributed by atoms with Crippen molar-refractivity contribution in [3.63, 3.8) is 0 Å². The van der Waals surface area contributed by atoms with Gasteiger partial charge in [-0.2, -0.15) is 52.7 Å². The Hall–Kier alpha value is -3.15. The summed E-state index contributed by atoms with van der Waals surface area (Å²) in [5, 5.41) is 0. The summed E-state index contributed by atoms with van der Waals surface area (Å²) in [4.78, 5) is 106. The van der Waals surface area contributed by atoms with Gasteiger partial charge >= 0.3 is 158 Å². The van der Waals surface area contributed by atoms with Crippen LogP contribution in [-0.4, -0.2) is 224 Å². The zero-order chi connectivity index (χ0) is 75.8. The van der Waals surface area contributed by atoms with E-state index in [-0.39, 0.29) is 37.3 Å². The van der Waals surface area contributed by atoms with Crippen molar-refractivity contribution < 1.29 is 148 Å². The molecular formula is C57H76F12I2K2O20P2. The van der Waals surface area contributed by atoms with Crippen LogP contribution in [0.5, 0.6) is 0 Å². The Morgan fingerprint density at radius 2 is 0.389 bits per heavy atom. The number of carbonyl (C=O) groups excluding carboxylic acids is 10. The normalized spacial score (nSPS) is 10.3. The zero-order valence-corrected chi connectivity index (χ0v) is 65.2. The van der Waals surface area contributed by atoms with E-state index in [0.29, 0.717) is 45.0 Å². The van der Waals surface area contributed by atoms with Crippen molar-refractivity contribution in [3.05, 3.63) is 127 Å². The number of hydrogen-bond acceptors (Lipinski definition) is 20. The second-order valence-corrected chi connectivity index (χ2v) is 16.3. The molecule has 20 nitrogen and oxygen atoms in total. The van der Waals surface area contributed by atoms with E-state index in [1.165, 1.54) is 75.3 Å². The molecule has 0 aliphatic carbocycles. The third-order valence-corrected chi connectivity index (χ3v) is 9.43. The van der Waals surface area contributed by atoms with Crippen LogP contribution in [0.1, 0.15) is 70.6 Å². The summed E-state index contributed by atoms with van der Waals surface area (Å²) in [6.45, 7) is 24.2. The van der Waals surface area contributed by atoms with Crippen LogP contribution in [0.2, 0.25) is 0 Å². The Bertz CT molecular complexity index is 2210. The molecule has 0 spiro atoms. The van der Waals surface area contributed by atoms with Gasteiger partial charge in [-0.15, -0.1) is 17.9 Å². The molecule has 0 saturated carbocycles. The van der Waals surface area contributed by atoms with Crippen LogP contribution in [0.4, 0.5) is 52.7 Å². The first-order valence-electron chi connectivity index (χ1n) is 27.1. The molecule has 0 bridgehead atoms. The molecule has 2 unspecified atom stereocenters. The van der Waals surface area contributed by atoms with Crippen molar-refractivity contribution in [2.24, 2.45) is 0 Å². The molecule has 0 heterocycles. The fourth-order valence-corrected chi connectivity index (χ4v) is 4.65. The van der Waals surface area contributed by atoms with Gasteiger partial charge in [-0.05, 0) is 32.1 Å². The molecule has 95 heavy (non-hydrogen) atoms. The fourth-order valence-electron chi connectivity index (χ4n) is 4.65. The van der Waals surface area contributed by atoms with Crippen molar-refractivity contribution in [3.8, 4) is 0 Å². The second-order valence-electron chi connectivity index (χ2n) is 16.3. The van der Waals surface area contributed by atoms with Crippen LogP contribution < -0.4 is 0 Å². The monoisotopic (exact) mass is 1700 g/mol. The summed E-state index contributed by atoms with van der Waals surface area (Å²) in [7, 11) is 4.67. The number of esters is 10. The molecule has 0 N–H and O–H groups in total. The van der Waals surface area contributed by atoms with Gasteiger partial charge in [0.25, 0.3) is 0 Å². The van der Waals surface area contributed by atoms with Crippen LogP contribution in [-0.2, 0) is 95.3 Å². The van der Waals surface area contributed by atoms with Crippen LogP contribution in [0.25, 0.3) is 0 Å². The van der Waals surface area contributed by atoms with Crippen molar-refractivity contribution in [1.82, 2.24) is 0 Å². The van der Waals surface area contributed by atoms with Gasteiger partial charge in [-0.3, -0.25) is 0 Å². The Balaban J connectivity index is -0.000000165. The van der Waals surface area contributed by atoms with Crippen LogP contribution >= 0.6 is 55.1 Å². The average Bonchev–Trinajstić information content (AvgIpc) is 0.744. The van der Waals surface area contributed by atoms with Crippen LogP contribution in [0.15, 0.2) is 127 Å². The van der Waals surface area contributed by atoms with Gasteiger partial charge in [0.1, 0.15) is 0 Å². The minimum absolute atomic E-state index is 0.218. The summed E-state index contributed by atoms with van der Waals surface area (Å²) in [5.74, 6) is -42.7. The number of halogens is 14. The molecule has 0 radical (unpaired) electrons. The Kier molecular flexibility index (Phi) is 77.2. The summed E-state index contributed by atoms with van der Waals surface area (Å²) >= 11 is 6.74. The summed E-state index contributed by atoms with van der Waals surface area (Å²) < 4.78 is 201. The molecule has 38 heteroatoms. The molecule has 0 saturated heterocycles. The molecule has 0 rings (SSSR count). The molecular weight excluding hydrogens is 1630 g/mol. The molecule has 0 aliphatic rings.